The van der Waals surface area contributed by atoms with Gasteiger partial charge in [0.15, 0.2) is 0 Å². The molecule has 0 heterocycles. The molecule has 0 aromatic heterocycles. The van der Waals surface area contributed by atoms with Crippen molar-refractivity contribution in [3.8, 4) is 0 Å². The Labute approximate surface area is 91.7 Å². The fourth-order valence-corrected chi connectivity index (χ4v) is 1.43. The third-order valence-electron chi connectivity index (χ3n) is 2.88. The minimum absolute atomic E-state index is 0.178. The molecule has 0 spiro atoms. The first-order valence-electron chi connectivity index (χ1n) is 5.52. The number of benzene rings is 1. The van der Waals surface area contributed by atoms with Crippen LogP contribution in [0.5, 0.6) is 0 Å². The van der Waals surface area contributed by atoms with E-state index in [1.165, 1.54) is 12.1 Å². The summed E-state index contributed by atoms with van der Waals surface area (Å²) in [6.45, 7) is 8.65. The zero-order valence-electron chi connectivity index (χ0n) is 9.92. The topological polar surface area (TPSA) is 12.0 Å². The van der Waals surface area contributed by atoms with E-state index in [0.717, 1.165) is 5.56 Å². The summed E-state index contributed by atoms with van der Waals surface area (Å²) in [4.78, 5) is 0. The predicted molar refractivity (Wildman–Crippen MR) is 62.3 cm³/mol. The Morgan fingerprint density at radius 2 is 1.53 bits per heavy atom. The molecule has 0 fully saturated rings. The van der Waals surface area contributed by atoms with Crippen LogP contribution in [0.15, 0.2) is 24.3 Å². The second-order valence-corrected chi connectivity index (χ2v) is 4.47. The van der Waals surface area contributed by atoms with Crippen molar-refractivity contribution in [1.29, 1.82) is 0 Å². The first-order chi connectivity index (χ1) is 7.00. The average molecular weight is 209 g/mol. The van der Waals surface area contributed by atoms with Crippen LogP contribution >= 0.6 is 0 Å². The molecule has 0 radical (unpaired) electrons. The zero-order chi connectivity index (χ0) is 11.4. The van der Waals surface area contributed by atoms with E-state index in [1.54, 1.807) is 0 Å². The lowest BCUT2D eigenvalue weighted by Gasteiger charge is -2.23. The van der Waals surface area contributed by atoms with E-state index in [2.05, 4.69) is 33.0 Å². The molecule has 0 saturated heterocycles. The summed E-state index contributed by atoms with van der Waals surface area (Å²) in [6.07, 6.45) is 0. The number of hydrogen-bond donors (Lipinski definition) is 1. The average Bonchev–Trinajstić information content (AvgIpc) is 2.18. The highest BCUT2D eigenvalue weighted by Gasteiger charge is 2.11. The predicted octanol–water partition coefficient (Wildman–Crippen LogP) is 3.52. The van der Waals surface area contributed by atoms with Crippen LogP contribution in [0.25, 0.3) is 0 Å². The van der Waals surface area contributed by atoms with Gasteiger partial charge in [0.2, 0.25) is 0 Å². The molecule has 1 aromatic rings. The Hall–Kier alpha value is -0.890. The molecule has 0 amide bonds. The smallest absolute Gasteiger partial charge is 0.123 e. The standard InChI is InChI=1S/C13H20FN/c1-9(2)10(3)15-11(4)12-5-7-13(14)8-6-12/h5-11,15H,1-4H3. The molecule has 2 unspecified atom stereocenters. The van der Waals surface area contributed by atoms with E-state index in [-0.39, 0.29) is 11.9 Å². The Morgan fingerprint density at radius 1 is 1.00 bits per heavy atom. The van der Waals surface area contributed by atoms with Crippen molar-refractivity contribution in [3.63, 3.8) is 0 Å². The van der Waals surface area contributed by atoms with Gasteiger partial charge in [0.1, 0.15) is 5.82 Å². The summed E-state index contributed by atoms with van der Waals surface area (Å²) in [5.74, 6) is 0.427. The molecule has 1 N–H and O–H groups in total. The van der Waals surface area contributed by atoms with Gasteiger partial charge in [0.25, 0.3) is 0 Å². The van der Waals surface area contributed by atoms with Gasteiger partial charge in [-0.15, -0.1) is 0 Å². The summed E-state index contributed by atoms with van der Waals surface area (Å²) in [6, 6.07) is 7.41. The minimum atomic E-state index is -0.178. The maximum absolute atomic E-state index is 12.7. The van der Waals surface area contributed by atoms with E-state index >= 15 is 0 Å². The first kappa shape index (κ1) is 12.2. The summed E-state index contributed by atoms with van der Waals surface area (Å²) < 4.78 is 12.7. The fourth-order valence-electron chi connectivity index (χ4n) is 1.43. The highest BCUT2D eigenvalue weighted by atomic mass is 19.1. The summed E-state index contributed by atoms with van der Waals surface area (Å²) in [7, 11) is 0. The van der Waals surface area contributed by atoms with Crippen LogP contribution in [0.2, 0.25) is 0 Å². The Bertz CT molecular complexity index is 292. The van der Waals surface area contributed by atoms with Gasteiger partial charge in [0, 0.05) is 12.1 Å². The largest absolute Gasteiger partial charge is 0.307 e. The Kier molecular flexibility index (Phi) is 4.28. The van der Waals surface area contributed by atoms with Crippen LogP contribution in [0.1, 0.15) is 39.3 Å². The molecule has 1 nitrogen and oxygen atoms in total. The molecule has 0 saturated carbocycles. The van der Waals surface area contributed by atoms with Crippen molar-refractivity contribution in [2.45, 2.75) is 39.8 Å². The van der Waals surface area contributed by atoms with E-state index in [0.29, 0.717) is 12.0 Å². The van der Waals surface area contributed by atoms with Gasteiger partial charge >= 0.3 is 0 Å². The SMILES string of the molecule is CC(NC(C)C(C)C)c1ccc(F)cc1. The van der Waals surface area contributed by atoms with Gasteiger partial charge < -0.3 is 5.32 Å². The van der Waals surface area contributed by atoms with Crippen molar-refractivity contribution in [2.24, 2.45) is 5.92 Å². The maximum atomic E-state index is 12.7. The van der Waals surface area contributed by atoms with E-state index in [4.69, 9.17) is 0 Å². The molecule has 0 aliphatic carbocycles. The van der Waals surface area contributed by atoms with Crippen LogP contribution in [0.4, 0.5) is 4.39 Å². The summed E-state index contributed by atoms with van der Waals surface area (Å²) in [5.41, 5.74) is 1.13. The molecule has 15 heavy (non-hydrogen) atoms. The second-order valence-electron chi connectivity index (χ2n) is 4.47. The van der Waals surface area contributed by atoms with Gasteiger partial charge in [-0.05, 0) is 37.5 Å². The van der Waals surface area contributed by atoms with Crippen molar-refractivity contribution in [3.05, 3.63) is 35.6 Å². The lowest BCUT2D eigenvalue weighted by molar-refractivity contribution is 0.388. The molecule has 84 valence electrons. The zero-order valence-corrected chi connectivity index (χ0v) is 9.92. The van der Waals surface area contributed by atoms with Gasteiger partial charge in [-0.2, -0.15) is 0 Å². The van der Waals surface area contributed by atoms with Crippen LogP contribution in [0, 0.1) is 11.7 Å². The molecular weight excluding hydrogens is 189 g/mol. The molecule has 2 atom stereocenters. The monoisotopic (exact) mass is 209 g/mol. The second kappa shape index (κ2) is 5.26. The van der Waals surface area contributed by atoms with Gasteiger partial charge in [-0.25, -0.2) is 4.39 Å². The third-order valence-corrected chi connectivity index (χ3v) is 2.88. The van der Waals surface area contributed by atoms with Gasteiger partial charge in [-0.1, -0.05) is 26.0 Å². The molecule has 0 bridgehead atoms. The Morgan fingerprint density at radius 3 is 2.00 bits per heavy atom. The van der Waals surface area contributed by atoms with E-state index in [9.17, 15) is 4.39 Å². The lowest BCUT2D eigenvalue weighted by Crippen LogP contribution is -2.32. The fraction of sp³-hybridized carbons (Fsp3) is 0.538. The van der Waals surface area contributed by atoms with Crippen LogP contribution < -0.4 is 5.32 Å². The van der Waals surface area contributed by atoms with Crippen molar-refractivity contribution in [1.82, 2.24) is 5.32 Å². The highest BCUT2D eigenvalue weighted by molar-refractivity contribution is 5.19. The highest BCUT2D eigenvalue weighted by Crippen LogP contribution is 2.15. The van der Waals surface area contributed by atoms with Gasteiger partial charge in [-0.3, -0.25) is 0 Å². The molecule has 1 aromatic carbocycles. The lowest BCUT2D eigenvalue weighted by atomic mass is 10.0. The summed E-state index contributed by atoms with van der Waals surface area (Å²) in [5, 5.41) is 3.49. The molecular formula is C13H20FN. The molecule has 0 aliphatic heterocycles. The number of halogens is 1. The number of hydrogen-bond acceptors (Lipinski definition) is 1. The van der Waals surface area contributed by atoms with Crippen LogP contribution in [-0.4, -0.2) is 6.04 Å². The molecule has 2 heteroatoms. The van der Waals surface area contributed by atoms with E-state index < -0.39 is 0 Å². The number of rotatable bonds is 4. The minimum Gasteiger partial charge on any atom is -0.307 e. The maximum Gasteiger partial charge on any atom is 0.123 e. The molecule has 0 aliphatic rings. The third kappa shape index (κ3) is 3.63. The van der Waals surface area contributed by atoms with Gasteiger partial charge in [0.05, 0.1) is 0 Å². The normalized spacial score (nSPS) is 15.3. The quantitative estimate of drug-likeness (QED) is 0.800. The van der Waals surface area contributed by atoms with Crippen molar-refractivity contribution < 1.29 is 4.39 Å². The van der Waals surface area contributed by atoms with Crippen LogP contribution in [0.3, 0.4) is 0 Å². The van der Waals surface area contributed by atoms with Crippen molar-refractivity contribution in [2.75, 3.05) is 0 Å². The number of nitrogens with one attached hydrogen (secondary N) is 1. The van der Waals surface area contributed by atoms with Crippen molar-refractivity contribution >= 4 is 0 Å². The first-order valence-corrected chi connectivity index (χ1v) is 5.52. The summed E-state index contributed by atoms with van der Waals surface area (Å²) >= 11 is 0. The molecule has 1 rings (SSSR count). The van der Waals surface area contributed by atoms with Crippen LogP contribution in [-0.2, 0) is 0 Å². The Balaban J connectivity index is 2.61. The van der Waals surface area contributed by atoms with E-state index in [1.807, 2.05) is 12.1 Å².